The fourth-order valence-corrected chi connectivity index (χ4v) is 1.64. The van der Waals surface area contributed by atoms with Gasteiger partial charge in [0.15, 0.2) is 17.3 Å². The lowest BCUT2D eigenvalue weighted by atomic mass is 10.1. The van der Waals surface area contributed by atoms with E-state index in [1.165, 1.54) is 7.11 Å². The normalized spacial score (nSPS) is 10.7. The van der Waals surface area contributed by atoms with Crippen LogP contribution < -0.4 is 10.5 Å². The molecule has 2 aromatic rings. The van der Waals surface area contributed by atoms with Crippen LogP contribution in [0.1, 0.15) is 5.89 Å². The number of nitrogens with zero attached hydrogens (tertiary/aromatic N) is 2. The van der Waals surface area contributed by atoms with Gasteiger partial charge in [0.1, 0.15) is 5.56 Å². The van der Waals surface area contributed by atoms with Crippen molar-refractivity contribution < 1.29 is 18.8 Å². The Morgan fingerprint density at radius 2 is 2.33 bits per heavy atom. The predicted molar refractivity (Wildman–Crippen MR) is 60.8 cm³/mol. The van der Waals surface area contributed by atoms with E-state index in [1.807, 2.05) is 0 Å². The molecule has 0 spiro atoms. The van der Waals surface area contributed by atoms with Gasteiger partial charge in [0, 0.05) is 6.07 Å². The zero-order chi connectivity index (χ0) is 13.3. The number of aromatic hydroxyl groups is 1. The Morgan fingerprint density at radius 1 is 1.61 bits per heavy atom. The van der Waals surface area contributed by atoms with E-state index in [9.17, 15) is 9.50 Å². The smallest absolute Gasteiger partial charge is 0.240 e. The van der Waals surface area contributed by atoms with Crippen LogP contribution in [0.25, 0.3) is 11.4 Å². The molecule has 3 N–H and O–H groups in total. The van der Waals surface area contributed by atoms with Crippen molar-refractivity contribution in [3.05, 3.63) is 22.8 Å². The van der Waals surface area contributed by atoms with E-state index in [-0.39, 0.29) is 40.3 Å². The number of phenolic OH excluding ortho intramolecular Hbond substituents is 1. The topological polar surface area (TPSA) is 94.4 Å². The molecule has 0 saturated carbocycles. The summed E-state index contributed by atoms with van der Waals surface area (Å²) in [7, 11) is 1.27. The predicted octanol–water partition coefficient (Wildman–Crippen LogP) is 1.70. The Hall–Kier alpha value is -1.86. The van der Waals surface area contributed by atoms with Crippen molar-refractivity contribution in [3.63, 3.8) is 0 Å². The van der Waals surface area contributed by atoms with Crippen LogP contribution in [0.15, 0.2) is 10.6 Å². The maximum absolute atomic E-state index is 14.0. The third-order valence-corrected chi connectivity index (χ3v) is 2.50. The second-order valence-corrected chi connectivity index (χ2v) is 3.72. The maximum Gasteiger partial charge on any atom is 0.240 e. The molecule has 0 aliphatic rings. The van der Waals surface area contributed by atoms with E-state index in [2.05, 4.69) is 10.1 Å². The molecule has 2 rings (SSSR count). The van der Waals surface area contributed by atoms with Gasteiger partial charge in [-0.25, -0.2) is 4.39 Å². The number of phenols is 1. The van der Waals surface area contributed by atoms with Gasteiger partial charge in [-0.15, -0.1) is 0 Å². The summed E-state index contributed by atoms with van der Waals surface area (Å²) >= 11 is 5.64. The monoisotopic (exact) mass is 273 g/mol. The van der Waals surface area contributed by atoms with Gasteiger partial charge in [-0.3, -0.25) is 0 Å². The highest BCUT2D eigenvalue weighted by molar-refractivity contribution is 6.31. The van der Waals surface area contributed by atoms with Crippen LogP contribution in [0.5, 0.6) is 11.5 Å². The van der Waals surface area contributed by atoms with Gasteiger partial charge < -0.3 is 20.1 Å². The molecular weight excluding hydrogens is 265 g/mol. The van der Waals surface area contributed by atoms with Gasteiger partial charge in [0.2, 0.25) is 11.7 Å². The highest BCUT2D eigenvalue weighted by atomic mass is 35.5. The third-order valence-electron chi connectivity index (χ3n) is 2.22. The molecule has 0 aliphatic carbocycles. The summed E-state index contributed by atoms with van der Waals surface area (Å²) < 4.78 is 23.6. The first-order valence-corrected chi connectivity index (χ1v) is 5.24. The molecule has 0 unspecified atom stereocenters. The molecule has 0 atom stereocenters. The first kappa shape index (κ1) is 12.6. The first-order chi connectivity index (χ1) is 8.58. The zero-order valence-corrected chi connectivity index (χ0v) is 10.0. The van der Waals surface area contributed by atoms with E-state index >= 15 is 0 Å². The maximum atomic E-state index is 14.0. The van der Waals surface area contributed by atoms with Crippen LogP contribution >= 0.6 is 11.6 Å². The zero-order valence-electron chi connectivity index (χ0n) is 9.28. The molecule has 1 heterocycles. The Morgan fingerprint density at radius 3 is 2.89 bits per heavy atom. The van der Waals surface area contributed by atoms with Crippen LogP contribution in [0.3, 0.4) is 0 Å². The van der Waals surface area contributed by atoms with Crippen LogP contribution in [0, 0.1) is 5.82 Å². The summed E-state index contributed by atoms with van der Waals surface area (Å²) in [5.41, 5.74) is 5.14. The quantitative estimate of drug-likeness (QED) is 0.884. The number of hydrogen-bond donors (Lipinski definition) is 2. The summed E-state index contributed by atoms with van der Waals surface area (Å²) in [6.07, 6.45) is 0. The lowest BCUT2D eigenvalue weighted by Gasteiger charge is -2.09. The molecular formula is C10H9ClFN3O3. The molecule has 18 heavy (non-hydrogen) atoms. The lowest BCUT2D eigenvalue weighted by molar-refractivity contribution is 0.369. The van der Waals surface area contributed by atoms with Crippen LogP contribution in [-0.4, -0.2) is 22.4 Å². The SMILES string of the molecule is COc1c(O)cc(Cl)c(F)c1-c1noc(CN)n1. The number of rotatable bonds is 3. The average molecular weight is 274 g/mol. The molecule has 1 aromatic heterocycles. The van der Waals surface area contributed by atoms with Crippen molar-refractivity contribution in [2.75, 3.05) is 7.11 Å². The number of halogens is 2. The molecule has 0 bridgehead atoms. The Kier molecular flexibility index (Phi) is 3.35. The van der Waals surface area contributed by atoms with E-state index in [0.29, 0.717) is 0 Å². The third kappa shape index (κ3) is 1.98. The number of benzene rings is 1. The summed E-state index contributed by atoms with van der Waals surface area (Å²) in [6.45, 7) is 0.0173. The van der Waals surface area contributed by atoms with Gasteiger partial charge in [-0.1, -0.05) is 16.8 Å². The fraction of sp³-hybridized carbons (Fsp3) is 0.200. The second kappa shape index (κ2) is 4.79. The van der Waals surface area contributed by atoms with Crippen molar-refractivity contribution in [2.24, 2.45) is 5.73 Å². The summed E-state index contributed by atoms with van der Waals surface area (Å²) in [5, 5.41) is 12.9. The number of hydrogen-bond acceptors (Lipinski definition) is 6. The van der Waals surface area contributed by atoms with Crippen molar-refractivity contribution in [3.8, 4) is 22.9 Å². The number of ether oxygens (including phenoxy) is 1. The molecule has 1 aromatic carbocycles. The molecule has 0 fully saturated rings. The summed E-state index contributed by atoms with van der Waals surface area (Å²) in [5.74, 6) is -1.22. The Labute approximate surface area is 106 Å². The number of aromatic nitrogens is 2. The highest BCUT2D eigenvalue weighted by Crippen LogP contribution is 2.41. The van der Waals surface area contributed by atoms with Gasteiger partial charge in [0.05, 0.1) is 18.7 Å². The van der Waals surface area contributed by atoms with E-state index in [0.717, 1.165) is 6.07 Å². The largest absolute Gasteiger partial charge is 0.504 e. The molecule has 96 valence electrons. The van der Waals surface area contributed by atoms with E-state index in [4.69, 9.17) is 26.6 Å². The number of methoxy groups -OCH3 is 1. The average Bonchev–Trinajstić information content (AvgIpc) is 2.81. The minimum atomic E-state index is -0.810. The van der Waals surface area contributed by atoms with Gasteiger partial charge >= 0.3 is 0 Å². The van der Waals surface area contributed by atoms with Crippen LogP contribution in [-0.2, 0) is 6.54 Å². The molecule has 6 nitrogen and oxygen atoms in total. The molecule has 0 aliphatic heterocycles. The van der Waals surface area contributed by atoms with Crippen LogP contribution in [0.4, 0.5) is 4.39 Å². The van der Waals surface area contributed by atoms with Crippen LogP contribution in [0.2, 0.25) is 5.02 Å². The van der Waals surface area contributed by atoms with E-state index < -0.39 is 5.82 Å². The summed E-state index contributed by atoms with van der Waals surface area (Å²) in [4.78, 5) is 3.86. The summed E-state index contributed by atoms with van der Waals surface area (Å²) in [6, 6.07) is 1.03. The van der Waals surface area contributed by atoms with Crippen molar-refractivity contribution in [2.45, 2.75) is 6.54 Å². The van der Waals surface area contributed by atoms with Gasteiger partial charge in [-0.2, -0.15) is 4.98 Å². The van der Waals surface area contributed by atoms with Gasteiger partial charge in [-0.05, 0) is 0 Å². The Bertz CT molecular complexity index is 588. The standard InChI is InChI=1S/C10H9ClFN3O3/c1-17-9-5(16)2-4(11)8(12)7(9)10-14-6(3-13)18-15-10/h2,16H,3,13H2,1H3. The Balaban J connectivity index is 2.68. The van der Waals surface area contributed by atoms with Crippen molar-refractivity contribution >= 4 is 11.6 Å². The van der Waals surface area contributed by atoms with Gasteiger partial charge in [0.25, 0.3) is 0 Å². The first-order valence-electron chi connectivity index (χ1n) is 4.86. The van der Waals surface area contributed by atoms with Crippen molar-refractivity contribution in [1.82, 2.24) is 10.1 Å². The highest BCUT2D eigenvalue weighted by Gasteiger charge is 2.23. The molecule has 8 heteroatoms. The molecule has 0 amide bonds. The lowest BCUT2D eigenvalue weighted by Crippen LogP contribution is -1.97. The minimum absolute atomic E-state index is 0.0173. The molecule has 0 saturated heterocycles. The minimum Gasteiger partial charge on any atom is -0.504 e. The van der Waals surface area contributed by atoms with E-state index in [1.54, 1.807) is 0 Å². The van der Waals surface area contributed by atoms with Crippen molar-refractivity contribution in [1.29, 1.82) is 0 Å². The fourth-order valence-electron chi connectivity index (χ4n) is 1.44. The number of nitrogens with two attached hydrogens (primary N) is 1. The molecule has 0 radical (unpaired) electrons. The second-order valence-electron chi connectivity index (χ2n) is 3.32.